The van der Waals surface area contributed by atoms with Gasteiger partial charge in [-0.2, -0.15) is 0 Å². The number of benzene rings is 1. The summed E-state index contributed by atoms with van der Waals surface area (Å²) in [7, 11) is 3.35. The zero-order valence-electron chi connectivity index (χ0n) is 10.2. The lowest BCUT2D eigenvalue weighted by molar-refractivity contribution is 0.0739. The van der Waals surface area contributed by atoms with Gasteiger partial charge >= 0.3 is 0 Å². The zero-order valence-corrected chi connectivity index (χ0v) is 11.7. The zero-order chi connectivity index (χ0) is 12.3. The van der Waals surface area contributed by atoms with Gasteiger partial charge in [0, 0.05) is 17.5 Å². The van der Waals surface area contributed by atoms with Crippen molar-refractivity contribution in [1.82, 2.24) is 0 Å². The molecule has 17 heavy (non-hydrogen) atoms. The molecule has 1 aliphatic rings. The third-order valence-electron chi connectivity index (χ3n) is 3.06. The van der Waals surface area contributed by atoms with Crippen molar-refractivity contribution >= 4 is 15.9 Å². The highest BCUT2D eigenvalue weighted by Crippen LogP contribution is 2.39. The van der Waals surface area contributed by atoms with Gasteiger partial charge in [-0.05, 0) is 24.5 Å². The summed E-state index contributed by atoms with van der Waals surface area (Å²) in [5.74, 6) is 1.64. The molecule has 1 heterocycles. The molecular formula is C13H17BrO3. The lowest BCUT2D eigenvalue weighted by atomic mass is 9.99. The predicted molar refractivity (Wildman–Crippen MR) is 70.4 cm³/mol. The SMILES string of the molecule is COc1ccc2c(c1OC)CCCOC2CBr. The summed E-state index contributed by atoms with van der Waals surface area (Å²) in [6.45, 7) is 0.788. The molecular weight excluding hydrogens is 284 g/mol. The molecule has 0 bridgehead atoms. The summed E-state index contributed by atoms with van der Waals surface area (Å²) in [6, 6.07) is 4.02. The minimum atomic E-state index is 0.104. The predicted octanol–water partition coefficient (Wildman–Crippen LogP) is 3.10. The van der Waals surface area contributed by atoms with Crippen molar-refractivity contribution in [3.63, 3.8) is 0 Å². The van der Waals surface area contributed by atoms with E-state index in [1.807, 2.05) is 6.07 Å². The second-order valence-electron chi connectivity index (χ2n) is 3.99. The Balaban J connectivity index is 2.51. The highest BCUT2D eigenvalue weighted by Gasteiger charge is 2.23. The molecule has 1 aromatic carbocycles. The number of hydrogen-bond acceptors (Lipinski definition) is 3. The molecule has 0 radical (unpaired) electrons. The van der Waals surface area contributed by atoms with Gasteiger partial charge in [0.2, 0.25) is 0 Å². The normalized spacial score (nSPS) is 19.4. The van der Waals surface area contributed by atoms with Crippen molar-refractivity contribution in [1.29, 1.82) is 0 Å². The molecule has 0 N–H and O–H groups in total. The van der Waals surface area contributed by atoms with Crippen molar-refractivity contribution < 1.29 is 14.2 Å². The van der Waals surface area contributed by atoms with Crippen LogP contribution in [0.15, 0.2) is 12.1 Å². The lowest BCUT2D eigenvalue weighted by Gasteiger charge is -2.19. The Morgan fingerprint density at radius 2 is 2.18 bits per heavy atom. The van der Waals surface area contributed by atoms with Crippen LogP contribution >= 0.6 is 15.9 Å². The van der Waals surface area contributed by atoms with E-state index in [4.69, 9.17) is 14.2 Å². The molecule has 1 unspecified atom stereocenters. The highest BCUT2D eigenvalue weighted by molar-refractivity contribution is 9.09. The summed E-state index contributed by atoms with van der Waals surface area (Å²) in [6.07, 6.45) is 2.09. The van der Waals surface area contributed by atoms with Gasteiger partial charge in [-0.1, -0.05) is 22.0 Å². The molecule has 0 spiro atoms. The molecule has 3 nitrogen and oxygen atoms in total. The smallest absolute Gasteiger partial charge is 0.164 e. The number of rotatable bonds is 3. The fourth-order valence-electron chi connectivity index (χ4n) is 2.26. The largest absolute Gasteiger partial charge is 0.493 e. The minimum Gasteiger partial charge on any atom is -0.493 e. The molecule has 0 fully saturated rings. The maximum atomic E-state index is 5.81. The number of ether oxygens (including phenoxy) is 3. The fraction of sp³-hybridized carbons (Fsp3) is 0.538. The molecule has 4 heteroatoms. The van der Waals surface area contributed by atoms with E-state index < -0.39 is 0 Å². The monoisotopic (exact) mass is 300 g/mol. The second-order valence-corrected chi connectivity index (χ2v) is 4.63. The van der Waals surface area contributed by atoms with Crippen LogP contribution in [0.4, 0.5) is 0 Å². The Hall–Kier alpha value is -0.740. The molecule has 0 aliphatic carbocycles. The van der Waals surface area contributed by atoms with Crippen LogP contribution in [0, 0.1) is 0 Å². The van der Waals surface area contributed by atoms with Crippen LogP contribution in [-0.4, -0.2) is 26.2 Å². The molecule has 0 amide bonds. The van der Waals surface area contributed by atoms with Gasteiger partial charge in [0.15, 0.2) is 11.5 Å². The first-order valence-corrected chi connectivity index (χ1v) is 6.85. The van der Waals surface area contributed by atoms with Crippen LogP contribution in [0.1, 0.15) is 23.7 Å². The Bertz CT molecular complexity index is 392. The van der Waals surface area contributed by atoms with Crippen LogP contribution in [0.3, 0.4) is 0 Å². The highest BCUT2D eigenvalue weighted by atomic mass is 79.9. The average Bonchev–Trinajstić information content (AvgIpc) is 2.58. The summed E-state index contributed by atoms with van der Waals surface area (Å²) >= 11 is 3.50. The topological polar surface area (TPSA) is 27.7 Å². The third kappa shape index (κ3) is 2.43. The van der Waals surface area contributed by atoms with Gasteiger partial charge in [-0.3, -0.25) is 0 Å². The molecule has 1 aromatic rings. The van der Waals surface area contributed by atoms with E-state index in [1.54, 1.807) is 14.2 Å². The van der Waals surface area contributed by atoms with Gasteiger partial charge in [0.05, 0.1) is 20.3 Å². The average molecular weight is 301 g/mol. The van der Waals surface area contributed by atoms with Crippen LogP contribution in [0.2, 0.25) is 0 Å². The second kappa shape index (κ2) is 5.74. The van der Waals surface area contributed by atoms with Crippen molar-refractivity contribution in [2.75, 3.05) is 26.2 Å². The van der Waals surface area contributed by atoms with Crippen LogP contribution in [-0.2, 0) is 11.2 Å². The van der Waals surface area contributed by atoms with Crippen molar-refractivity contribution in [3.05, 3.63) is 23.3 Å². The summed E-state index contributed by atoms with van der Waals surface area (Å²) in [5, 5.41) is 0.801. The fourth-order valence-corrected chi connectivity index (χ4v) is 2.79. The molecule has 0 aromatic heterocycles. The van der Waals surface area contributed by atoms with Gasteiger partial charge in [-0.15, -0.1) is 0 Å². The number of fused-ring (bicyclic) bond motifs is 1. The first kappa shape index (κ1) is 12.7. The van der Waals surface area contributed by atoms with Gasteiger partial charge in [0.1, 0.15) is 0 Å². The van der Waals surface area contributed by atoms with Crippen molar-refractivity contribution in [2.45, 2.75) is 18.9 Å². The van der Waals surface area contributed by atoms with Gasteiger partial charge in [-0.25, -0.2) is 0 Å². The molecule has 2 rings (SSSR count). The van der Waals surface area contributed by atoms with E-state index in [-0.39, 0.29) is 6.10 Å². The quantitative estimate of drug-likeness (QED) is 0.803. The minimum absolute atomic E-state index is 0.104. The molecule has 1 atom stereocenters. The van der Waals surface area contributed by atoms with E-state index in [9.17, 15) is 0 Å². The maximum absolute atomic E-state index is 5.81. The summed E-state index contributed by atoms with van der Waals surface area (Å²) in [4.78, 5) is 0. The molecule has 1 aliphatic heterocycles. The lowest BCUT2D eigenvalue weighted by Crippen LogP contribution is -2.07. The van der Waals surface area contributed by atoms with E-state index in [0.29, 0.717) is 0 Å². The van der Waals surface area contributed by atoms with E-state index >= 15 is 0 Å². The summed E-state index contributed by atoms with van der Waals surface area (Å²) in [5.41, 5.74) is 2.42. The van der Waals surface area contributed by atoms with E-state index in [1.165, 1.54) is 11.1 Å². The standard InChI is InChI=1S/C13H17BrO3/c1-15-11-6-5-9-10(13(11)16-2)4-3-7-17-12(9)8-14/h5-6,12H,3-4,7-8H2,1-2H3. The molecule has 0 saturated heterocycles. The van der Waals surface area contributed by atoms with Crippen LogP contribution in [0.5, 0.6) is 11.5 Å². The number of halogens is 1. The number of alkyl halides is 1. The van der Waals surface area contributed by atoms with Gasteiger partial charge < -0.3 is 14.2 Å². The number of hydrogen-bond donors (Lipinski definition) is 0. The Kier molecular flexibility index (Phi) is 4.29. The number of methoxy groups -OCH3 is 2. The van der Waals surface area contributed by atoms with E-state index in [0.717, 1.165) is 36.3 Å². The molecule has 0 saturated carbocycles. The Morgan fingerprint density at radius 3 is 2.82 bits per heavy atom. The Labute approximate surface area is 110 Å². The van der Waals surface area contributed by atoms with Crippen molar-refractivity contribution in [3.8, 4) is 11.5 Å². The van der Waals surface area contributed by atoms with Gasteiger partial charge in [0.25, 0.3) is 0 Å². The van der Waals surface area contributed by atoms with Crippen molar-refractivity contribution in [2.24, 2.45) is 0 Å². The third-order valence-corrected chi connectivity index (χ3v) is 3.65. The summed E-state index contributed by atoms with van der Waals surface area (Å²) < 4.78 is 16.6. The van der Waals surface area contributed by atoms with E-state index in [2.05, 4.69) is 22.0 Å². The Morgan fingerprint density at radius 1 is 1.35 bits per heavy atom. The van der Waals surface area contributed by atoms with Crippen LogP contribution < -0.4 is 9.47 Å². The van der Waals surface area contributed by atoms with Crippen LogP contribution in [0.25, 0.3) is 0 Å². The molecule has 94 valence electrons. The maximum Gasteiger partial charge on any atom is 0.164 e. The first-order valence-electron chi connectivity index (χ1n) is 5.73. The first-order chi connectivity index (χ1) is 8.31.